The maximum absolute atomic E-state index is 13.2. The number of hydrogen-bond acceptors (Lipinski definition) is 5. The third-order valence-corrected chi connectivity index (χ3v) is 6.73. The predicted octanol–water partition coefficient (Wildman–Crippen LogP) is 1.55. The number of carbonyl (C=O) groups is 2. The molecule has 0 aliphatic heterocycles. The van der Waals surface area contributed by atoms with Gasteiger partial charge in [-0.15, -0.1) is 0 Å². The summed E-state index contributed by atoms with van der Waals surface area (Å²) in [6, 6.07) is 15.1. The lowest BCUT2D eigenvalue weighted by molar-refractivity contribution is -0.154. The summed E-state index contributed by atoms with van der Waals surface area (Å²) in [7, 11) is -1.59. The molecule has 0 aliphatic carbocycles. The molecule has 1 unspecified atom stereocenters. The molecular weight excluding hydrogens is 380 g/mol. The second-order valence-electron chi connectivity index (χ2n) is 6.49. The second kappa shape index (κ2) is 8.64. The van der Waals surface area contributed by atoms with Crippen molar-refractivity contribution < 1.29 is 23.1 Å². The number of rotatable bonds is 9. The minimum absolute atomic E-state index is 0.0823. The molecule has 0 saturated carbocycles. The number of nitrogens with zero attached hydrogens (tertiary/aromatic N) is 1. The topological polar surface area (TPSA) is 104 Å². The van der Waals surface area contributed by atoms with Crippen LogP contribution in [0, 0.1) is 0 Å². The number of carboxylic acid groups (broad SMARTS) is 1. The molecule has 0 fully saturated rings. The third kappa shape index (κ3) is 3.99. The first-order chi connectivity index (χ1) is 13.2. The Morgan fingerprint density at radius 2 is 1.57 bits per heavy atom. The van der Waals surface area contributed by atoms with Gasteiger partial charge in [0.1, 0.15) is 0 Å². The smallest absolute Gasteiger partial charge is 0.333 e. The van der Waals surface area contributed by atoms with Crippen LogP contribution in [0.15, 0.2) is 65.6 Å². The number of aliphatic carboxylic acids is 1. The van der Waals surface area contributed by atoms with Crippen molar-refractivity contribution in [3.05, 3.63) is 66.2 Å². The molecule has 2 aromatic carbocycles. The van der Waals surface area contributed by atoms with Gasteiger partial charge in [-0.05, 0) is 31.7 Å². The zero-order chi connectivity index (χ0) is 20.9. The van der Waals surface area contributed by atoms with E-state index in [1.807, 2.05) is 0 Å². The van der Waals surface area contributed by atoms with Crippen LogP contribution in [0.3, 0.4) is 0 Å². The Balaban J connectivity index is 2.68. The van der Waals surface area contributed by atoms with E-state index in [9.17, 15) is 23.1 Å². The normalized spacial score (nSPS) is 15.0. The fourth-order valence-corrected chi connectivity index (χ4v) is 4.47. The minimum Gasteiger partial charge on any atom is -0.479 e. The van der Waals surface area contributed by atoms with Gasteiger partial charge in [0.05, 0.1) is 10.9 Å². The summed E-state index contributed by atoms with van der Waals surface area (Å²) in [5.74, 6) is -2.26. The number of likely N-dealkylation sites (N-methyl/N-ethyl adjacent to an activating group) is 2. The summed E-state index contributed by atoms with van der Waals surface area (Å²) in [6.07, 6.45) is -0.295. The lowest BCUT2D eigenvalue weighted by Gasteiger charge is -2.37. The average molecular weight is 404 g/mol. The van der Waals surface area contributed by atoms with Gasteiger partial charge in [-0.1, -0.05) is 48.5 Å². The van der Waals surface area contributed by atoms with Crippen LogP contribution in [0.1, 0.15) is 12.5 Å². The van der Waals surface area contributed by atoms with Crippen LogP contribution in [-0.2, 0) is 26.0 Å². The van der Waals surface area contributed by atoms with Crippen LogP contribution in [-0.4, -0.2) is 55.3 Å². The predicted molar refractivity (Wildman–Crippen MR) is 105 cm³/mol. The van der Waals surface area contributed by atoms with Crippen molar-refractivity contribution in [2.75, 3.05) is 14.1 Å². The highest BCUT2D eigenvalue weighted by Gasteiger charge is 2.55. The monoisotopic (exact) mass is 404 g/mol. The molecule has 0 saturated heterocycles. The third-order valence-electron chi connectivity index (χ3n) is 4.83. The molecule has 0 radical (unpaired) electrons. The van der Waals surface area contributed by atoms with Gasteiger partial charge < -0.3 is 10.4 Å². The number of nitrogens with one attached hydrogen (secondary N) is 1. The molecule has 28 heavy (non-hydrogen) atoms. The van der Waals surface area contributed by atoms with Crippen LogP contribution in [0.25, 0.3) is 0 Å². The number of carbonyl (C=O) groups excluding carboxylic acids is 1. The standard InChI is InChI=1S/C20H24N2O5S/c1-15(21-2)18(23)20(19(24)25,14-16-10-6-4-7-11-16)22(3)28(26,27)17-12-8-5-9-13-17/h4-13,15,21H,14H2,1-3H3,(H,24,25)/t15?,20-/m1/s1. The highest BCUT2D eigenvalue weighted by Crippen LogP contribution is 2.29. The van der Waals surface area contributed by atoms with Gasteiger partial charge in [-0.2, -0.15) is 4.31 Å². The van der Waals surface area contributed by atoms with E-state index in [2.05, 4.69) is 5.32 Å². The highest BCUT2D eigenvalue weighted by atomic mass is 32.2. The van der Waals surface area contributed by atoms with E-state index in [1.165, 1.54) is 26.1 Å². The van der Waals surface area contributed by atoms with Gasteiger partial charge >= 0.3 is 5.97 Å². The summed E-state index contributed by atoms with van der Waals surface area (Å²) >= 11 is 0. The molecule has 0 aromatic heterocycles. The fourth-order valence-electron chi connectivity index (χ4n) is 3.01. The first-order valence-corrected chi connectivity index (χ1v) is 10.1. The molecule has 0 aliphatic rings. The molecule has 150 valence electrons. The van der Waals surface area contributed by atoms with Gasteiger partial charge in [0.25, 0.3) is 0 Å². The zero-order valence-electron chi connectivity index (χ0n) is 16.0. The van der Waals surface area contributed by atoms with Crippen molar-refractivity contribution in [3.63, 3.8) is 0 Å². The number of hydrogen-bond donors (Lipinski definition) is 2. The van der Waals surface area contributed by atoms with Crippen LogP contribution < -0.4 is 5.32 Å². The first kappa shape index (κ1) is 21.7. The maximum Gasteiger partial charge on any atom is 0.333 e. The van der Waals surface area contributed by atoms with Gasteiger partial charge in [-0.3, -0.25) is 4.79 Å². The van der Waals surface area contributed by atoms with E-state index in [-0.39, 0.29) is 11.3 Å². The van der Waals surface area contributed by atoms with Crippen molar-refractivity contribution >= 4 is 21.8 Å². The number of carboxylic acids is 1. The van der Waals surface area contributed by atoms with E-state index < -0.39 is 33.4 Å². The number of Topliss-reactive ketones (excluding diaryl/α,β-unsaturated/α-hetero) is 1. The Hall–Kier alpha value is -2.55. The van der Waals surface area contributed by atoms with Crippen LogP contribution >= 0.6 is 0 Å². The van der Waals surface area contributed by atoms with Crippen molar-refractivity contribution in [1.29, 1.82) is 0 Å². The average Bonchev–Trinajstić information content (AvgIpc) is 2.71. The first-order valence-electron chi connectivity index (χ1n) is 8.71. The van der Waals surface area contributed by atoms with Gasteiger partial charge in [0.15, 0.2) is 11.3 Å². The summed E-state index contributed by atoms with van der Waals surface area (Å²) in [4.78, 5) is 25.6. The Morgan fingerprint density at radius 3 is 2.04 bits per heavy atom. The van der Waals surface area contributed by atoms with E-state index in [0.717, 1.165) is 7.05 Å². The summed E-state index contributed by atoms with van der Waals surface area (Å²) in [5.41, 5.74) is -1.77. The Morgan fingerprint density at radius 1 is 1.07 bits per heavy atom. The summed E-state index contributed by atoms with van der Waals surface area (Å²) in [6.45, 7) is 1.51. The van der Waals surface area contributed by atoms with Crippen LogP contribution in [0.4, 0.5) is 0 Å². The number of sulfonamides is 1. The van der Waals surface area contributed by atoms with Crippen molar-refractivity contribution in [3.8, 4) is 0 Å². The molecule has 7 nitrogen and oxygen atoms in total. The van der Waals surface area contributed by atoms with Crippen LogP contribution in [0.2, 0.25) is 0 Å². The largest absolute Gasteiger partial charge is 0.479 e. The molecule has 0 heterocycles. The Kier molecular flexibility index (Phi) is 6.71. The number of ketones is 1. The van der Waals surface area contributed by atoms with Crippen LogP contribution in [0.5, 0.6) is 0 Å². The van der Waals surface area contributed by atoms with E-state index in [4.69, 9.17) is 0 Å². The lowest BCUT2D eigenvalue weighted by Crippen LogP contribution is -2.65. The maximum atomic E-state index is 13.2. The van der Waals surface area contributed by atoms with E-state index in [0.29, 0.717) is 9.87 Å². The highest BCUT2D eigenvalue weighted by molar-refractivity contribution is 7.89. The molecule has 8 heteroatoms. The van der Waals surface area contributed by atoms with E-state index in [1.54, 1.807) is 48.5 Å². The zero-order valence-corrected chi connectivity index (χ0v) is 16.8. The van der Waals surface area contributed by atoms with Crippen molar-refractivity contribution in [1.82, 2.24) is 9.62 Å². The molecule has 2 rings (SSSR count). The molecule has 2 N–H and O–H groups in total. The van der Waals surface area contributed by atoms with Gasteiger partial charge in [0, 0.05) is 13.5 Å². The molecule has 0 bridgehead atoms. The lowest BCUT2D eigenvalue weighted by atomic mass is 9.83. The molecular formula is C20H24N2O5S. The number of benzene rings is 2. The molecule has 2 aromatic rings. The van der Waals surface area contributed by atoms with Crippen molar-refractivity contribution in [2.45, 2.75) is 29.8 Å². The van der Waals surface area contributed by atoms with Crippen molar-refractivity contribution in [2.24, 2.45) is 0 Å². The fraction of sp³-hybridized carbons (Fsp3) is 0.300. The summed E-state index contributed by atoms with van der Waals surface area (Å²) < 4.78 is 27.0. The second-order valence-corrected chi connectivity index (χ2v) is 8.46. The molecule has 0 amide bonds. The molecule has 2 atom stereocenters. The molecule has 0 spiro atoms. The Bertz CT molecular complexity index is 932. The quantitative estimate of drug-likeness (QED) is 0.615. The Labute approximate surface area is 165 Å². The van der Waals surface area contributed by atoms with Gasteiger partial charge in [0.2, 0.25) is 10.0 Å². The SMILES string of the molecule is CNC(C)C(=O)[C@](Cc1ccccc1)(C(=O)O)N(C)S(=O)(=O)c1ccccc1. The summed E-state index contributed by atoms with van der Waals surface area (Å²) in [5, 5.41) is 12.8. The minimum atomic E-state index is -4.24. The van der Waals surface area contributed by atoms with E-state index >= 15 is 0 Å². The van der Waals surface area contributed by atoms with Gasteiger partial charge in [-0.25, -0.2) is 13.2 Å².